The molecule has 0 radical (unpaired) electrons. The average Bonchev–Trinajstić information content (AvgIpc) is 2.57. The van der Waals surface area contributed by atoms with E-state index in [1.54, 1.807) is 0 Å². The second-order valence-electron chi connectivity index (χ2n) is 4.94. The van der Waals surface area contributed by atoms with Crippen LogP contribution in [0.25, 0.3) is 0 Å². The van der Waals surface area contributed by atoms with Gasteiger partial charge in [0, 0.05) is 0 Å². The molecule has 3 aromatic rings. The Hall–Kier alpha value is -1.85. The Kier molecular flexibility index (Phi) is 6.81. The largest absolute Gasteiger partial charge is 0.668 e. The lowest BCUT2D eigenvalue weighted by atomic mass is 10.4. The molecule has 0 spiro atoms. The van der Waals surface area contributed by atoms with E-state index in [1.165, 1.54) is 15.9 Å². The first-order valence-corrected chi connectivity index (χ1v) is 10.4. The Bertz CT molecular complexity index is 618. The average molecular weight is 358 g/mol. The standard InChI is InChI=1S/C18H15P.H4O4Si/c1-4-10-16(11-5-1)19(17-12-6-2-7-13-17)18-14-8-3-9-15-18;1-5(2,3)4/h1-15H;1-4H. The van der Waals surface area contributed by atoms with Crippen molar-refractivity contribution in [1.82, 2.24) is 0 Å². The molecule has 0 unspecified atom stereocenters. The third-order valence-electron chi connectivity index (χ3n) is 3.04. The zero-order valence-electron chi connectivity index (χ0n) is 12.9. The van der Waals surface area contributed by atoms with Crippen molar-refractivity contribution in [2.24, 2.45) is 0 Å². The third kappa shape index (κ3) is 6.33. The van der Waals surface area contributed by atoms with Gasteiger partial charge in [-0.15, -0.1) is 0 Å². The molecule has 124 valence electrons. The van der Waals surface area contributed by atoms with Gasteiger partial charge in [0.05, 0.1) is 0 Å². The van der Waals surface area contributed by atoms with Gasteiger partial charge in [-0.2, -0.15) is 0 Å². The summed E-state index contributed by atoms with van der Waals surface area (Å²) in [7, 11) is -5.06. The predicted molar refractivity (Wildman–Crippen MR) is 99.8 cm³/mol. The Morgan fingerprint density at radius 3 is 0.875 bits per heavy atom. The molecule has 24 heavy (non-hydrogen) atoms. The van der Waals surface area contributed by atoms with Gasteiger partial charge in [-0.25, -0.2) is 0 Å². The smallest absolute Gasteiger partial charge is 0.368 e. The summed E-state index contributed by atoms with van der Waals surface area (Å²) in [5.74, 6) is 0. The van der Waals surface area contributed by atoms with Crippen molar-refractivity contribution in [2.75, 3.05) is 0 Å². The Balaban J connectivity index is 0.000000368. The summed E-state index contributed by atoms with van der Waals surface area (Å²) >= 11 is 0. The Labute approximate surface area is 143 Å². The minimum Gasteiger partial charge on any atom is -0.368 e. The van der Waals surface area contributed by atoms with Gasteiger partial charge in [-0.1, -0.05) is 91.0 Å². The first-order valence-electron chi connectivity index (χ1n) is 7.30. The molecular weight excluding hydrogens is 339 g/mol. The summed E-state index contributed by atoms with van der Waals surface area (Å²) in [5, 5.41) is 4.19. The maximum Gasteiger partial charge on any atom is 0.668 e. The van der Waals surface area contributed by atoms with E-state index in [0.717, 1.165) is 0 Å². The first-order chi connectivity index (χ1) is 11.4. The summed E-state index contributed by atoms with van der Waals surface area (Å²) in [6.07, 6.45) is 0. The van der Waals surface area contributed by atoms with E-state index in [1.807, 2.05) is 0 Å². The fraction of sp³-hybridized carbons (Fsp3) is 0. The lowest BCUT2D eigenvalue weighted by molar-refractivity contribution is 0.117. The highest BCUT2D eigenvalue weighted by atomic mass is 31.1. The van der Waals surface area contributed by atoms with Crippen LogP contribution in [-0.2, 0) is 0 Å². The monoisotopic (exact) mass is 358 g/mol. The highest BCUT2D eigenvalue weighted by molar-refractivity contribution is 7.79. The zero-order valence-corrected chi connectivity index (χ0v) is 14.8. The molecule has 0 heterocycles. The molecule has 0 saturated carbocycles. The normalized spacial score (nSPS) is 10.9. The third-order valence-corrected chi connectivity index (χ3v) is 5.49. The summed E-state index contributed by atoms with van der Waals surface area (Å²) in [6, 6.07) is 32.3. The van der Waals surface area contributed by atoms with Crippen LogP contribution in [0.2, 0.25) is 0 Å². The van der Waals surface area contributed by atoms with Gasteiger partial charge in [0.15, 0.2) is 0 Å². The first kappa shape index (κ1) is 18.5. The van der Waals surface area contributed by atoms with E-state index < -0.39 is 17.0 Å². The van der Waals surface area contributed by atoms with Crippen LogP contribution in [0.5, 0.6) is 0 Å². The minimum atomic E-state index is -4.61. The van der Waals surface area contributed by atoms with Crippen LogP contribution in [0.4, 0.5) is 0 Å². The predicted octanol–water partition coefficient (Wildman–Crippen LogP) is 0.836. The van der Waals surface area contributed by atoms with Crippen molar-refractivity contribution in [2.45, 2.75) is 0 Å². The molecule has 4 N–H and O–H groups in total. The summed E-state index contributed by atoms with van der Waals surface area (Å²) in [6.45, 7) is 0. The maximum atomic E-state index is 7.33. The lowest BCUT2D eigenvalue weighted by Crippen LogP contribution is -2.33. The van der Waals surface area contributed by atoms with Crippen molar-refractivity contribution in [3.63, 3.8) is 0 Å². The van der Waals surface area contributed by atoms with Gasteiger partial charge in [-0.05, 0) is 23.8 Å². The summed E-state index contributed by atoms with van der Waals surface area (Å²) in [4.78, 5) is 29.3. The summed E-state index contributed by atoms with van der Waals surface area (Å²) in [5.41, 5.74) is 0. The van der Waals surface area contributed by atoms with Gasteiger partial charge in [-0.3, -0.25) is 0 Å². The number of hydrogen-bond acceptors (Lipinski definition) is 4. The van der Waals surface area contributed by atoms with Crippen molar-refractivity contribution in [3.05, 3.63) is 91.0 Å². The molecule has 0 aromatic heterocycles. The van der Waals surface area contributed by atoms with Gasteiger partial charge in [0.25, 0.3) is 0 Å². The van der Waals surface area contributed by atoms with E-state index in [4.69, 9.17) is 19.2 Å². The van der Waals surface area contributed by atoms with Crippen molar-refractivity contribution < 1.29 is 19.2 Å². The van der Waals surface area contributed by atoms with Crippen LogP contribution in [-0.4, -0.2) is 28.2 Å². The molecule has 0 aliphatic rings. The molecular formula is C18H19O4PSi. The van der Waals surface area contributed by atoms with E-state index in [2.05, 4.69) is 91.0 Å². The van der Waals surface area contributed by atoms with Crippen molar-refractivity contribution in [1.29, 1.82) is 0 Å². The van der Waals surface area contributed by atoms with Gasteiger partial charge in [0.2, 0.25) is 0 Å². The Morgan fingerprint density at radius 2 is 0.667 bits per heavy atom. The van der Waals surface area contributed by atoms with Crippen LogP contribution in [0.3, 0.4) is 0 Å². The van der Waals surface area contributed by atoms with E-state index >= 15 is 0 Å². The quantitative estimate of drug-likeness (QED) is 0.413. The lowest BCUT2D eigenvalue weighted by Gasteiger charge is -2.18. The van der Waals surface area contributed by atoms with Gasteiger partial charge < -0.3 is 19.2 Å². The number of benzene rings is 3. The minimum absolute atomic E-state index is 0.446. The van der Waals surface area contributed by atoms with E-state index in [-0.39, 0.29) is 0 Å². The maximum absolute atomic E-state index is 7.33. The second-order valence-corrected chi connectivity index (χ2v) is 8.36. The molecule has 0 saturated heterocycles. The van der Waals surface area contributed by atoms with Crippen LogP contribution in [0.1, 0.15) is 0 Å². The fourth-order valence-electron chi connectivity index (χ4n) is 2.18. The van der Waals surface area contributed by atoms with Crippen molar-refractivity contribution >= 4 is 32.9 Å². The van der Waals surface area contributed by atoms with Crippen LogP contribution in [0, 0.1) is 0 Å². The molecule has 4 nitrogen and oxygen atoms in total. The molecule has 3 rings (SSSR count). The van der Waals surface area contributed by atoms with E-state index in [9.17, 15) is 0 Å². The molecule has 3 aromatic carbocycles. The Morgan fingerprint density at radius 1 is 0.458 bits per heavy atom. The highest BCUT2D eigenvalue weighted by Crippen LogP contribution is 2.32. The highest BCUT2D eigenvalue weighted by Gasteiger charge is 2.22. The number of hydrogen-bond donors (Lipinski definition) is 4. The van der Waals surface area contributed by atoms with Gasteiger partial charge in [0.1, 0.15) is 0 Å². The van der Waals surface area contributed by atoms with Crippen LogP contribution < -0.4 is 15.9 Å². The topological polar surface area (TPSA) is 80.9 Å². The second kappa shape index (κ2) is 8.85. The molecule has 0 amide bonds. The zero-order chi connectivity index (χ0) is 17.4. The fourth-order valence-corrected chi connectivity index (χ4v) is 4.48. The summed E-state index contributed by atoms with van der Waals surface area (Å²) < 4.78 is 0. The van der Waals surface area contributed by atoms with Crippen molar-refractivity contribution in [3.8, 4) is 0 Å². The number of rotatable bonds is 3. The molecule has 6 heteroatoms. The molecule has 0 bridgehead atoms. The SMILES string of the molecule is O[Si](O)(O)O.c1ccc(P(c2ccccc2)c2ccccc2)cc1. The van der Waals surface area contributed by atoms with Crippen LogP contribution >= 0.6 is 7.92 Å². The molecule has 0 aliphatic carbocycles. The molecule has 0 aliphatic heterocycles. The van der Waals surface area contributed by atoms with E-state index in [0.29, 0.717) is 0 Å². The molecule has 0 fully saturated rings. The molecule has 0 atom stereocenters. The van der Waals surface area contributed by atoms with Gasteiger partial charge >= 0.3 is 9.05 Å². The van der Waals surface area contributed by atoms with Crippen LogP contribution in [0.15, 0.2) is 91.0 Å².